The maximum atomic E-state index is 13.4. The standard InChI is InChI=1S/C32H23NO2/c34-31-29-27(23-17-9-3-10-18-23)25(21-13-5-1-6-14-21)26(22-15-7-2-8-16-22)28(30(29)32(35)33-31)24-19-11-4-12-20-24/h1-20,27,29H,(H,33,34,35). The molecule has 0 bridgehead atoms. The van der Waals surface area contributed by atoms with Crippen molar-refractivity contribution < 1.29 is 9.59 Å². The van der Waals surface area contributed by atoms with Crippen LogP contribution in [-0.4, -0.2) is 11.8 Å². The fourth-order valence-corrected chi connectivity index (χ4v) is 5.48. The van der Waals surface area contributed by atoms with Gasteiger partial charge in [-0.3, -0.25) is 14.9 Å². The van der Waals surface area contributed by atoms with Crippen molar-refractivity contribution in [3.8, 4) is 0 Å². The zero-order valence-corrected chi connectivity index (χ0v) is 19.0. The van der Waals surface area contributed by atoms with Crippen molar-refractivity contribution in [2.24, 2.45) is 5.92 Å². The summed E-state index contributed by atoms with van der Waals surface area (Å²) in [7, 11) is 0. The van der Waals surface area contributed by atoms with Gasteiger partial charge in [0.25, 0.3) is 5.91 Å². The van der Waals surface area contributed by atoms with E-state index in [-0.39, 0.29) is 17.7 Å². The number of allylic oxidation sites excluding steroid dienone is 3. The van der Waals surface area contributed by atoms with Gasteiger partial charge >= 0.3 is 0 Å². The Labute approximate surface area is 204 Å². The molecule has 3 heteroatoms. The number of amides is 2. The van der Waals surface area contributed by atoms with Gasteiger partial charge in [0.15, 0.2) is 0 Å². The number of carbonyl (C=O) groups excluding carboxylic acids is 2. The van der Waals surface area contributed by atoms with Gasteiger partial charge in [-0.15, -0.1) is 0 Å². The molecule has 1 saturated heterocycles. The molecule has 0 radical (unpaired) electrons. The molecule has 168 valence electrons. The largest absolute Gasteiger partial charge is 0.292 e. The first-order valence-electron chi connectivity index (χ1n) is 11.8. The van der Waals surface area contributed by atoms with E-state index < -0.39 is 5.92 Å². The Hall–Kier alpha value is -4.50. The zero-order valence-electron chi connectivity index (χ0n) is 19.0. The molecule has 2 atom stereocenters. The van der Waals surface area contributed by atoms with Crippen LogP contribution in [0.3, 0.4) is 0 Å². The minimum Gasteiger partial charge on any atom is -0.292 e. The molecule has 2 amide bonds. The highest BCUT2D eigenvalue weighted by Gasteiger charge is 2.49. The molecule has 1 aliphatic carbocycles. The lowest BCUT2D eigenvalue weighted by Crippen LogP contribution is -2.28. The maximum Gasteiger partial charge on any atom is 0.255 e. The highest BCUT2D eigenvalue weighted by molar-refractivity contribution is 6.30. The number of rotatable bonds is 4. The first-order valence-corrected chi connectivity index (χ1v) is 11.8. The van der Waals surface area contributed by atoms with Crippen LogP contribution < -0.4 is 5.32 Å². The normalized spacial score (nSPS) is 19.5. The summed E-state index contributed by atoms with van der Waals surface area (Å²) in [4.78, 5) is 26.8. The van der Waals surface area contributed by atoms with Gasteiger partial charge < -0.3 is 0 Å². The quantitative estimate of drug-likeness (QED) is 0.378. The van der Waals surface area contributed by atoms with E-state index in [0.29, 0.717) is 5.57 Å². The lowest BCUT2D eigenvalue weighted by atomic mass is 9.65. The molecule has 4 aromatic rings. The van der Waals surface area contributed by atoms with Gasteiger partial charge in [0.2, 0.25) is 5.91 Å². The Bertz CT molecular complexity index is 1470. The van der Waals surface area contributed by atoms with Crippen LogP contribution in [0.1, 0.15) is 28.2 Å². The minimum atomic E-state index is -0.609. The lowest BCUT2D eigenvalue weighted by Gasteiger charge is -2.35. The monoisotopic (exact) mass is 453 g/mol. The van der Waals surface area contributed by atoms with Crippen molar-refractivity contribution in [3.63, 3.8) is 0 Å². The third-order valence-corrected chi connectivity index (χ3v) is 6.88. The molecule has 1 N–H and O–H groups in total. The van der Waals surface area contributed by atoms with Crippen LogP contribution in [-0.2, 0) is 9.59 Å². The van der Waals surface area contributed by atoms with Gasteiger partial charge in [0, 0.05) is 11.5 Å². The van der Waals surface area contributed by atoms with Gasteiger partial charge in [-0.1, -0.05) is 121 Å². The molecule has 0 saturated carbocycles. The Morgan fingerprint density at radius 2 is 0.886 bits per heavy atom. The number of fused-ring (bicyclic) bond motifs is 1. The molecule has 3 nitrogen and oxygen atoms in total. The molecule has 35 heavy (non-hydrogen) atoms. The Kier molecular flexibility index (Phi) is 5.23. The molecule has 0 spiro atoms. The van der Waals surface area contributed by atoms with E-state index in [0.717, 1.165) is 39.0 Å². The maximum absolute atomic E-state index is 13.4. The van der Waals surface area contributed by atoms with Crippen LogP contribution in [0.2, 0.25) is 0 Å². The van der Waals surface area contributed by atoms with Gasteiger partial charge in [0.05, 0.1) is 5.92 Å². The number of benzene rings is 4. The molecule has 2 aliphatic rings. The summed E-state index contributed by atoms with van der Waals surface area (Å²) >= 11 is 0. The number of imide groups is 1. The summed E-state index contributed by atoms with van der Waals surface area (Å²) in [5.41, 5.74) is 7.43. The average Bonchev–Trinajstić information content (AvgIpc) is 3.22. The van der Waals surface area contributed by atoms with Crippen LogP contribution in [0.25, 0.3) is 16.7 Å². The molecule has 1 heterocycles. The summed E-state index contributed by atoms with van der Waals surface area (Å²) in [6.45, 7) is 0. The van der Waals surface area contributed by atoms with Crippen LogP contribution in [0.15, 0.2) is 127 Å². The average molecular weight is 454 g/mol. The van der Waals surface area contributed by atoms with Crippen molar-refractivity contribution in [1.82, 2.24) is 5.32 Å². The van der Waals surface area contributed by atoms with E-state index in [1.165, 1.54) is 0 Å². The molecule has 4 aromatic carbocycles. The smallest absolute Gasteiger partial charge is 0.255 e. The van der Waals surface area contributed by atoms with Crippen molar-refractivity contribution >= 4 is 28.5 Å². The first kappa shape index (κ1) is 21.1. The molecule has 1 aliphatic heterocycles. The van der Waals surface area contributed by atoms with Gasteiger partial charge in [0.1, 0.15) is 0 Å². The fourth-order valence-electron chi connectivity index (χ4n) is 5.48. The Morgan fingerprint density at radius 3 is 1.40 bits per heavy atom. The topological polar surface area (TPSA) is 46.2 Å². The summed E-state index contributed by atoms with van der Waals surface area (Å²) in [5.74, 6) is -1.46. The number of hydrogen-bond acceptors (Lipinski definition) is 2. The predicted molar refractivity (Wildman–Crippen MR) is 139 cm³/mol. The number of nitrogens with one attached hydrogen (secondary N) is 1. The molecule has 1 fully saturated rings. The third-order valence-electron chi connectivity index (χ3n) is 6.88. The fraction of sp³-hybridized carbons (Fsp3) is 0.0625. The molecule has 0 aromatic heterocycles. The van der Waals surface area contributed by atoms with Crippen molar-refractivity contribution in [1.29, 1.82) is 0 Å². The predicted octanol–water partition coefficient (Wildman–Crippen LogP) is 6.12. The van der Waals surface area contributed by atoms with E-state index in [9.17, 15) is 9.59 Å². The summed E-state index contributed by atoms with van der Waals surface area (Å²) in [6.07, 6.45) is 0. The van der Waals surface area contributed by atoms with Crippen molar-refractivity contribution in [2.75, 3.05) is 0 Å². The number of hydrogen-bond donors (Lipinski definition) is 1. The Morgan fingerprint density at radius 1 is 0.457 bits per heavy atom. The first-order chi connectivity index (χ1) is 17.2. The second kappa shape index (κ2) is 8.69. The summed E-state index contributed by atoms with van der Waals surface area (Å²) < 4.78 is 0. The van der Waals surface area contributed by atoms with Crippen LogP contribution >= 0.6 is 0 Å². The van der Waals surface area contributed by atoms with Gasteiger partial charge in [-0.05, 0) is 39.0 Å². The minimum absolute atomic E-state index is 0.243. The van der Waals surface area contributed by atoms with E-state index in [4.69, 9.17) is 0 Å². The number of carbonyl (C=O) groups is 2. The van der Waals surface area contributed by atoms with Crippen LogP contribution in [0, 0.1) is 5.92 Å². The molecular formula is C32H23NO2. The third kappa shape index (κ3) is 3.53. The second-order valence-corrected chi connectivity index (χ2v) is 8.86. The van der Waals surface area contributed by atoms with Crippen molar-refractivity contribution in [3.05, 3.63) is 149 Å². The summed E-state index contributed by atoms with van der Waals surface area (Å²) in [5, 5.41) is 2.64. The van der Waals surface area contributed by atoms with Crippen molar-refractivity contribution in [2.45, 2.75) is 5.92 Å². The van der Waals surface area contributed by atoms with E-state index in [2.05, 4.69) is 41.7 Å². The van der Waals surface area contributed by atoms with E-state index in [1.807, 2.05) is 84.9 Å². The van der Waals surface area contributed by atoms with Gasteiger partial charge in [-0.25, -0.2) is 0 Å². The Balaban J connectivity index is 1.79. The van der Waals surface area contributed by atoms with Gasteiger partial charge in [-0.2, -0.15) is 0 Å². The molecular weight excluding hydrogens is 430 g/mol. The zero-order chi connectivity index (χ0) is 23.8. The van der Waals surface area contributed by atoms with Crippen LogP contribution in [0.4, 0.5) is 0 Å². The molecule has 2 unspecified atom stereocenters. The SMILES string of the molecule is O=C1NC(=O)C2C1=C(c1ccccc1)C(c1ccccc1)=C(c1ccccc1)C2c1ccccc1. The molecule has 6 rings (SSSR count). The van der Waals surface area contributed by atoms with Crippen LogP contribution in [0.5, 0.6) is 0 Å². The highest BCUT2D eigenvalue weighted by atomic mass is 16.2. The lowest BCUT2D eigenvalue weighted by molar-refractivity contribution is -0.125. The van der Waals surface area contributed by atoms with E-state index in [1.54, 1.807) is 0 Å². The summed E-state index contributed by atoms with van der Waals surface area (Å²) in [6, 6.07) is 40.4. The second-order valence-electron chi connectivity index (χ2n) is 8.86. The highest BCUT2D eigenvalue weighted by Crippen LogP contribution is 2.55. The van der Waals surface area contributed by atoms with E-state index >= 15 is 0 Å².